The van der Waals surface area contributed by atoms with Crippen molar-refractivity contribution in [3.63, 3.8) is 0 Å². The third-order valence-corrected chi connectivity index (χ3v) is 2.93. The maximum atomic E-state index is 9.24. The van der Waals surface area contributed by atoms with Gasteiger partial charge in [-0.2, -0.15) is 10.5 Å². The van der Waals surface area contributed by atoms with Gasteiger partial charge in [-0.3, -0.25) is 4.98 Å². The number of nitriles is 2. The van der Waals surface area contributed by atoms with E-state index in [9.17, 15) is 5.26 Å². The molecule has 0 aliphatic carbocycles. The Bertz CT molecular complexity index is 727. The Labute approximate surface area is 118 Å². The number of aromatic nitrogens is 1. The number of nitrogens with zero attached hydrogens (tertiary/aromatic N) is 3. The van der Waals surface area contributed by atoms with Crippen molar-refractivity contribution >= 4 is 16.6 Å². The Morgan fingerprint density at radius 3 is 2.45 bits per heavy atom. The monoisotopic (exact) mass is 264 g/mol. The molecule has 4 nitrogen and oxygen atoms in total. The lowest BCUT2D eigenvalue weighted by atomic mass is 9.96. The number of nitrogens with one attached hydrogen (secondary N) is 1. The van der Waals surface area contributed by atoms with Crippen molar-refractivity contribution in [2.75, 3.05) is 11.9 Å². The van der Waals surface area contributed by atoms with Gasteiger partial charge in [-0.05, 0) is 11.5 Å². The van der Waals surface area contributed by atoms with Crippen molar-refractivity contribution in [1.29, 1.82) is 10.5 Å². The Morgan fingerprint density at radius 1 is 1.15 bits per heavy atom. The second-order valence-corrected chi connectivity index (χ2v) is 5.89. The normalized spacial score (nSPS) is 10.8. The van der Waals surface area contributed by atoms with Gasteiger partial charge in [0.2, 0.25) is 0 Å². The van der Waals surface area contributed by atoms with Crippen molar-refractivity contribution in [3.8, 4) is 12.1 Å². The summed E-state index contributed by atoms with van der Waals surface area (Å²) in [5.74, 6) is 0. The SMILES string of the molecule is CC(C)(C)CNc1c(C#N)cnc2c(C#N)cccc12. The summed E-state index contributed by atoms with van der Waals surface area (Å²) in [6.45, 7) is 7.10. The molecule has 0 spiro atoms. The smallest absolute Gasteiger partial charge is 0.103 e. The van der Waals surface area contributed by atoms with Crippen molar-refractivity contribution in [1.82, 2.24) is 4.98 Å². The van der Waals surface area contributed by atoms with Crippen LogP contribution in [0, 0.1) is 28.1 Å². The predicted octanol–water partition coefficient (Wildman–Crippen LogP) is 3.44. The zero-order chi connectivity index (χ0) is 14.8. The summed E-state index contributed by atoms with van der Waals surface area (Å²) >= 11 is 0. The molecule has 100 valence electrons. The summed E-state index contributed by atoms with van der Waals surface area (Å²) in [4.78, 5) is 4.24. The van der Waals surface area contributed by atoms with Crippen LogP contribution in [0.2, 0.25) is 0 Å². The highest BCUT2D eigenvalue weighted by Crippen LogP contribution is 2.28. The van der Waals surface area contributed by atoms with Crippen LogP contribution in [0.3, 0.4) is 0 Å². The fourth-order valence-corrected chi connectivity index (χ4v) is 1.94. The molecule has 0 bridgehead atoms. The Hall–Kier alpha value is -2.59. The molecule has 1 N–H and O–H groups in total. The second kappa shape index (κ2) is 5.19. The van der Waals surface area contributed by atoms with Crippen molar-refractivity contribution in [2.24, 2.45) is 5.41 Å². The molecule has 0 atom stereocenters. The van der Waals surface area contributed by atoms with Gasteiger partial charge in [0.15, 0.2) is 0 Å². The van der Waals surface area contributed by atoms with Gasteiger partial charge >= 0.3 is 0 Å². The van der Waals surface area contributed by atoms with Crippen LogP contribution in [-0.2, 0) is 0 Å². The molecule has 1 aromatic heterocycles. The topological polar surface area (TPSA) is 72.5 Å². The lowest BCUT2D eigenvalue weighted by Crippen LogP contribution is -2.19. The highest BCUT2D eigenvalue weighted by molar-refractivity contribution is 5.96. The standard InChI is InChI=1S/C16H16N4/c1-16(2,3)10-20-15-12(8-18)9-19-14-11(7-17)5-4-6-13(14)15/h4-6,9H,10H2,1-3H3,(H,19,20). The summed E-state index contributed by atoms with van der Waals surface area (Å²) in [6.07, 6.45) is 1.52. The third-order valence-electron chi connectivity index (χ3n) is 2.93. The van der Waals surface area contributed by atoms with E-state index in [1.54, 1.807) is 6.07 Å². The van der Waals surface area contributed by atoms with Gasteiger partial charge in [-0.1, -0.05) is 32.9 Å². The van der Waals surface area contributed by atoms with E-state index in [0.717, 1.165) is 17.6 Å². The molecule has 0 aliphatic rings. The Balaban J connectivity index is 2.61. The molecule has 0 radical (unpaired) electrons. The van der Waals surface area contributed by atoms with Gasteiger partial charge < -0.3 is 5.32 Å². The highest BCUT2D eigenvalue weighted by Gasteiger charge is 2.15. The second-order valence-electron chi connectivity index (χ2n) is 5.89. The number of fused-ring (bicyclic) bond motifs is 1. The minimum Gasteiger partial charge on any atom is -0.383 e. The van der Waals surface area contributed by atoms with Gasteiger partial charge in [0.1, 0.15) is 12.1 Å². The summed E-state index contributed by atoms with van der Waals surface area (Å²) in [5.41, 5.74) is 2.49. The van der Waals surface area contributed by atoms with Gasteiger partial charge in [0.05, 0.1) is 22.3 Å². The lowest BCUT2D eigenvalue weighted by molar-refractivity contribution is 0.443. The molecule has 0 saturated heterocycles. The molecule has 1 aromatic carbocycles. The molecular formula is C16H16N4. The van der Waals surface area contributed by atoms with E-state index in [0.29, 0.717) is 16.6 Å². The van der Waals surface area contributed by atoms with Crippen molar-refractivity contribution in [2.45, 2.75) is 20.8 Å². The molecule has 0 unspecified atom stereocenters. The summed E-state index contributed by atoms with van der Waals surface area (Å²) in [7, 11) is 0. The van der Waals surface area contributed by atoms with Crippen molar-refractivity contribution in [3.05, 3.63) is 35.5 Å². The maximum Gasteiger partial charge on any atom is 0.103 e. The fourth-order valence-electron chi connectivity index (χ4n) is 1.94. The molecule has 1 heterocycles. The summed E-state index contributed by atoms with van der Waals surface area (Å²) in [5, 5.41) is 22.5. The van der Waals surface area contributed by atoms with Crippen molar-refractivity contribution < 1.29 is 0 Å². The van der Waals surface area contributed by atoms with Crippen LogP contribution in [0.1, 0.15) is 31.9 Å². The zero-order valence-electron chi connectivity index (χ0n) is 11.9. The van der Waals surface area contributed by atoms with Crippen LogP contribution >= 0.6 is 0 Å². The predicted molar refractivity (Wildman–Crippen MR) is 79.1 cm³/mol. The number of anilines is 1. The average Bonchev–Trinajstić information content (AvgIpc) is 2.42. The largest absolute Gasteiger partial charge is 0.383 e. The molecule has 20 heavy (non-hydrogen) atoms. The summed E-state index contributed by atoms with van der Waals surface area (Å²) in [6, 6.07) is 9.71. The van der Waals surface area contributed by atoms with Crippen LogP contribution in [0.4, 0.5) is 5.69 Å². The minimum absolute atomic E-state index is 0.0924. The van der Waals surface area contributed by atoms with Crippen LogP contribution in [0.25, 0.3) is 10.9 Å². The van der Waals surface area contributed by atoms with E-state index in [2.05, 4.69) is 43.2 Å². The van der Waals surface area contributed by atoms with Gasteiger partial charge in [0.25, 0.3) is 0 Å². The van der Waals surface area contributed by atoms with E-state index in [-0.39, 0.29) is 5.41 Å². The molecule has 0 saturated carbocycles. The first-order valence-corrected chi connectivity index (χ1v) is 6.42. The zero-order valence-corrected chi connectivity index (χ0v) is 11.9. The highest BCUT2D eigenvalue weighted by atomic mass is 14.9. The molecule has 0 aliphatic heterocycles. The number of benzene rings is 1. The number of para-hydroxylation sites is 1. The van der Waals surface area contributed by atoms with E-state index in [1.807, 2.05) is 12.1 Å². The van der Waals surface area contributed by atoms with Gasteiger partial charge in [0, 0.05) is 18.1 Å². The first-order chi connectivity index (χ1) is 9.46. The average molecular weight is 264 g/mol. The molecule has 2 aromatic rings. The molecular weight excluding hydrogens is 248 g/mol. The maximum absolute atomic E-state index is 9.24. The van der Waals surface area contributed by atoms with Crippen LogP contribution in [0.5, 0.6) is 0 Å². The van der Waals surface area contributed by atoms with E-state index in [1.165, 1.54) is 6.20 Å². The van der Waals surface area contributed by atoms with Crippen LogP contribution in [-0.4, -0.2) is 11.5 Å². The van der Waals surface area contributed by atoms with Crippen LogP contribution in [0.15, 0.2) is 24.4 Å². The Kier molecular flexibility index (Phi) is 3.59. The molecule has 2 rings (SSSR count). The lowest BCUT2D eigenvalue weighted by Gasteiger charge is -2.21. The quantitative estimate of drug-likeness (QED) is 0.901. The fraction of sp³-hybridized carbons (Fsp3) is 0.312. The number of hydrogen-bond acceptors (Lipinski definition) is 4. The minimum atomic E-state index is 0.0924. The first kappa shape index (κ1) is 13.8. The Morgan fingerprint density at radius 2 is 1.85 bits per heavy atom. The van der Waals surface area contributed by atoms with E-state index in [4.69, 9.17) is 5.26 Å². The molecule has 0 fully saturated rings. The number of rotatable bonds is 2. The van der Waals surface area contributed by atoms with Gasteiger partial charge in [-0.25, -0.2) is 0 Å². The molecule has 0 amide bonds. The first-order valence-electron chi connectivity index (χ1n) is 6.42. The van der Waals surface area contributed by atoms with Gasteiger partial charge in [-0.15, -0.1) is 0 Å². The number of hydrogen-bond donors (Lipinski definition) is 1. The molecule has 4 heteroatoms. The summed E-state index contributed by atoms with van der Waals surface area (Å²) < 4.78 is 0. The van der Waals surface area contributed by atoms with E-state index < -0.39 is 0 Å². The van der Waals surface area contributed by atoms with E-state index >= 15 is 0 Å². The number of pyridine rings is 1. The van der Waals surface area contributed by atoms with Crippen LogP contribution < -0.4 is 5.32 Å². The third kappa shape index (κ3) is 2.70.